The van der Waals surface area contributed by atoms with Crippen LogP contribution in [0.4, 0.5) is 13.2 Å². The largest absolute Gasteiger partial charge is 0.433 e. The Morgan fingerprint density at radius 2 is 1.95 bits per heavy atom. The van der Waals surface area contributed by atoms with Crippen LogP contribution in [0.15, 0.2) is 36.5 Å². The Hall–Kier alpha value is -1.92. The number of halogens is 3. The van der Waals surface area contributed by atoms with Gasteiger partial charge in [-0.2, -0.15) is 13.2 Å². The van der Waals surface area contributed by atoms with Gasteiger partial charge in [0.2, 0.25) is 0 Å². The van der Waals surface area contributed by atoms with E-state index >= 15 is 0 Å². The van der Waals surface area contributed by atoms with Crippen LogP contribution in [0.3, 0.4) is 0 Å². The van der Waals surface area contributed by atoms with E-state index < -0.39 is 11.9 Å². The lowest BCUT2D eigenvalue weighted by molar-refractivity contribution is -0.141. The lowest BCUT2D eigenvalue weighted by Crippen LogP contribution is -2.11. The number of nitrogens with two attached hydrogens (primary N) is 1. The number of benzene rings is 1. The molecule has 0 fully saturated rings. The summed E-state index contributed by atoms with van der Waals surface area (Å²) in [7, 11) is 1.50. The third-order valence-electron chi connectivity index (χ3n) is 3.39. The summed E-state index contributed by atoms with van der Waals surface area (Å²) in [5.41, 5.74) is 7.13. The van der Waals surface area contributed by atoms with Gasteiger partial charge in [0, 0.05) is 6.20 Å². The average molecular weight is 310 g/mol. The Balaban J connectivity index is 0.000000847. The van der Waals surface area contributed by atoms with E-state index in [2.05, 4.69) is 10.7 Å². The molecule has 22 heavy (non-hydrogen) atoms. The second kappa shape index (κ2) is 6.89. The van der Waals surface area contributed by atoms with Gasteiger partial charge in [0.25, 0.3) is 0 Å². The van der Waals surface area contributed by atoms with E-state index in [1.54, 1.807) is 6.07 Å². The Labute approximate surface area is 126 Å². The van der Waals surface area contributed by atoms with Gasteiger partial charge in [0.05, 0.1) is 13.2 Å². The van der Waals surface area contributed by atoms with Crippen molar-refractivity contribution in [3.8, 4) is 11.1 Å². The molecule has 0 bridgehead atoms. The van der Waals surface area contributed by atoms with Gasteiger partial charge in [-0.05, 0) is 47.9 Å². The standard InChI is InChI=1S/C15H12F3NO.CH5N/c16-15(17,18)14-8-10(4-6-19-14)12-3-1-2-11-9-20-7-5-13(11)12;1-2/h1-4,6,8H,5,7,9H2;2H2,1H3. The van der Waals surface area contributed by atoms with E-state index in [9.17, 15) is 13.2 Å². The predicted molar refractivity (Wildman–Crippen MR) is 78.1 cm³/mol. The number of rotatable bonds is 1. The van der Waals surface area contributed by atoms with Gasteiger partial charge in [0.15, 0.2) is 0 Å². The lowest BCUT2D eigenvalue weighted by Gasteiger charge is -2.20. The van der Waals surface area contributed by atoms with E-state index in [-0.39, 0.29) is 0 Å². The van der Waals surface area contributed by atoms with Crippen molar-refractivity contribution in [3.05, 3.63) is 53.3 Å². The van der Waals surface area contributed by atoms with Crippen molar-refractivity contribution in [2.45, 2.75) is 19.2 Å². The van der Waals surface area contributed by atoms with Crippen molar-refractivity contribution >= 4 is 0 Å². The fourth-order valence-electron chi connectivity index (χ4n) is 2.45. The number of pyridine rings is 1. The molecule has 0 saturated heterocycles. The average Bonchev–Trinajstić information content (AvgIpc) is 2.55. The highest BCUT2D eigenvalue weighted by Crippen LogP contribution is 2.33. The van der Waals surface area contributed by atoms with Crippen LogP contribution in [0.1, 0.15) is 16.8 Å². The fraction of sp³-hybridized carbons (Fsp3) is 0.312. The summed E-state index contributed by atoms with van der Waals surface area (Å²) >= 11 is 0. The molecule has 118 valence electrons. The number of aromatic nitrogens is 1. The SMILES string of the molecule is CN.FC(F)(F)c1cc(-c2cccc3c2CCOC3)ccn1. The third-order valence-corrected chi connectivity index (χ3v) is 3.39. The number of hydrogen-bond acceptors (Lipinski definition) is 3. The van der Waals surface area contributed by atoms with Crippen molar-refractivity contribution < 1.29 is 17.9 Å². The van der Waals surface area contributed by atoms with Crippen molar-refractivity contribution in [3.63, 3.8) is 0 Å². The summed E-state index contributed by atoms with van der Waals surface area (Å²) in [6, 6.07) is 8.35. The van der Waals surface area contributed by atoms with E-state index in [4.69, 9.17) is 4.74 Å². The molecule has 2 N–H and O–H groups in total. The molecule has 0 aliphatic carbocycles. The van der Waals surface area contributed by atoms with E-state index in [1.807, 2.05) is 18.2 Å². The molecule has 3 rings (SSSR count). The van der Waals surface area contributed by atoms with Gasteiger partial charge in [-0.3, -0.25) is 4.98 Å². The summed E-state index contributed by atoms with van der Waals surface area (Å²) in [6.45, 7) is 1.11. The van der Waals surface area contributed by atoms with Crippen LogP contribution >= 0.6 is 0 Å². The first-order chi connectivity index (χ1) is 10.6. The molecule has 1 aliphatic rings. The van der Waals surface area contributed by atoms with Crippen molar-refractivity contribution in [2.24, 2.45) is 5.73 Å². The zero-order valence-electron chi connectivity index (χ0n) is 12.2. The normalized spacial score (nSPS) is 13.9. The molecular formula is C16H17F3N2O. The quantitative estimate of drug-likeness (QED) is 0.878. The molecule has 1 aromatic carbocycles. The second-order valence-electron chi connectivity index (χ2n) is 4.67. The summed E-state index contributed by atoms with van der Waals surface area (Å²) < 4.78 is 43.6. The highest BCUT2D eigenvalue weighted by Gasteiger charge is 2.32. The topological polar surface area (TPSA) is 48.1 Å². The van der Waals surface area contributed by atoms with Gasteiger partial charge < -0.3 is 10.5 Å². The predicted octanol–water partition coefficient (Wildman–Crippen LogP) is 3.42. The maximum absolute atomic E-state index is 12.7. The van der Waals surface area contributed by atoms with Crippen LogP contribution in [0.25, 0.3) is 11.1 Å². The molecule has 0 amide bonds. The first-order valence-electron chi connectivity index (χ1n) is 6.85. The zero-order chi connectivity index (χ0) is 16.2. The van der Waals surface area contributed by atoms with E-state index in [1.165, 1.54) is 13.2 Å². The van der Waals surface area contributed by atoms with Gasteiger partial charge in [-0.25, -0.2) is 0 Å². The maximum atomic E-state index is 12.7. The molecule has 3 nitrogen and oxygen atoms in total. The maximum Gasteiger partial charge on any atom is 0.433 e. The van der Waals surface area contributed by atoms with Crippen LogP contribution in [0.2, 0.25) is 0 Å². The molecule has 2 aromatic rings. The summed E-state index contributed by atoms with van der Waals surface area (Å²) in [4.78, 5) is 3.40. The van der Waals surface area contributed by atoms with Gasteiger partial charge >= 0.3 is 6.18 Å². The highest BCUT2D eigenvalue weighted by molar-refractivity contribution is 5.69. The van der Waals surface area contributed by atoms with Crippen molar-refractivity contribution in [2.75, 3.05) is 13.7 Å². The Kier molecular flexibility index (Phi) is 5.15. The second-order valence-corrected chi connectivity index (χ2v) is 4.67. The Bertz CT molecular complexity index is 642. The summed E-state index contributed by atoms with van der Waals surface area (Å²) in [5, 5.41) is 0. The van der Waals surface area contributed by atoms with Crippen LogP contribution in [0, 0.1) is 0 Å². The molecule has 0 saturated carbocycles. The Morgan fingerprint density at radius 3 is 2.68 bits per heavy atom. The van der Waals surface area contributed by atoms with Crippen molar-refractivity contribution in [1.29, 1.82) is 0 Å². The number of fused-ring (bicyclic) bond motifs is 1. The Morgan fingerprint density at radius 1 is 1.18 bits per heavy atom. The molecule has 0 atom stereocenters. The fourth-order valence-corrected chi connectivity index (χ4v) is 2.45. The molecule has 0 unspecified atom stereocenters. The summed E-state index contributed by atoms with van der Waals surface area (Å²) in [5.74, 6) is 0. The summed E-state index contributed by atoms with van der Waals surface area (Å²) in [6.07, 6.45) is -2.50. The zero-order valence-corrected chi connectivity index (χ0v) is 12.2. The molecule has 2 heterocycles. The first-order valence-corrected chi connectivity index (χ1v) is 6.85. The first kappa shape index (κ1) is 16.5. The van der Waals surface area contributed by atoms with Gasteiger partial charge in [0.1, 0.15) is 5.69 Å². The van der Waals surface area contributed by atoms with E-state index in [0.29, 0.717) is 18.8 Å². The number of alkyl halides is 3. The highest BCUT2D eigenvalue weighted by atomic mass is 19.4. The van der Waals surface area contributed by atoms with Crippen LogP contribution in [-0.4, -0.2) is 18.6 Å². The minimum atomic E-state index is -4.42. The molecule has 0 spiro atoms. The lowest BCUT2D eigenvalue weighted by atomic mass is 9.93. The van der Waals surface area contributed by atoms with Crippen LogP contribution in [0.5, 0.6) is 0 Å². The molecule has 1 aliphatic heterocycles. The third kappa shape index (κ3) is 3.45. The molecule has 6 heteroatoms. The van der Waals surface area contributed by atoms with Crippen molar-refractivity contribution in [1.82, 2.24) is 4.98 Å². The molecule has 0 radical (unpaired) electrons. The molecular weight excluding hydrogens is 293 g/mol. The van der Waals surface area contributed by atoms with Gasteiger partial charge in [-0.15, -0.1) is 0 Å². The van der Waals surface area contributed by atoms with E-state index in [0.717, 1.165) is 29.2 Å². The smallest absolute Gasteiger partial charge is 0.376 e. The number of nitrogens with zero attached hydrogens (tertiary/aromatic N) is 1. The van der Waals surface area contributed by atoms with Gasteiger partial charge in [-0.1, -0.05) is 18.2 Å². The molecule has 1 aromatic heterocycles. The number of hydrogen-bond donors (Lipinski definition) is 1. The van der Waals surface area contributed by atoms with Crippen LogP contribution < -0.4 is 5.73 Å². The number of ether oxygens (including phenoxy) is 1. The van der Waals surface area contributed by atoms with Crippen LogP contribution in [-0.2, 0) is 23.9 Å². The minimum Gasteiger partial charge on any atom is -0.376 e. The minimum absolute atomic E-state index is 0.514. The monoisotopic (exact) mass is 310 g/mol.